The lowest BCUT2D eigenvalue weighted by molar-refractivity contribution is 1.46. The Morgan fingerprint density at radius 3 is 1.42 bits per heavy atom. The first-order valence-corrected chi connectivity index (χ1v) is 9.98. The third-order valence-electron chi connectivity index (χ3n) is 5.47. The number of nitrogens with zero attached hydrogens (tertiary/aromatic N) is 4. The Labute approximate surface area is 189 Å². The molecule has 0 aliphatic carbocycles. The molecule has 0 saturated carbocycles. The van der Waals surface area contributed by atoms with Crippen molar-refractivity contribution in [2.24, 2.45) is 0 Å². The highest BCUT2D eigenvalue weighted by Gasteiger charge is 2.08. The molecule has 0 atom stereocenters. The van der Waals surface area contributed by atoms with Crippen LogP contribution >= 0.6 is 0 Å². The van der Waals surface area contributed by atoms with E-state index in [4.69, 9.17) is 26.8 Å². The molecule has 0 amide bonds. The van der Waals surface area contributed by atoms with Gasteiger partial charge in [-0.25, -0.2) is 0 Å². The van der Waals surface area contributed by atoms with Crippen molar-refractivity contribution in [3.05, 3.63) is 89.3 Å². The van der Waals surface area contributed by atoms with E-state index < -0.39 is 0 Å². The van der Waals surface area contributed by atoms with Crippen molar-refractivity contribution in [1.82, 2.24) is 0 Å². The molecule has 0 aliphatic rings. The second kappa shape index (κ2) is 8.79. The molecular formula is C28H15N5. The molecule has 5 nitrogen and oxygen atoms in total. The van der Waals surface area contributed by atoms with Crippen LogP contribution in [0.15, 0.2) is 78.9 Å². The van der Waals surface area contributed by atoms with Gasteiger partial charge in [-0.15, -0.1) is 0 Å². The zero-order valence-electron chi connectivity index (χ0n) is 17.4. The predicted octanol–water partition coefficient (Wildman–Crippen LogP) is 4.25. The van der Waals surface area contributed by atoms with Crippen molar-refractivity contribution < 1.29 is 0 Å². The molecule has 0 radical (unpaired) electrons. The molecule has 5 heteroatoms. The fourth-order valence-electron chi connectivity index (χ4n) is 3.87. The predicted molar refractivity (Wildman–Crippen MR) is 130 cm³/mol. The van der Waals surface area contributed by atoms with Gasteiger partial charge in [0.1, 0.15) is 35.4 Å². The Hall–Kier alpha value is -5.36. The molecule has 0 aromatic heterocycles. The Kier molecular flexibility index (Phi) is 5.56. The lowest BCUT2D eigenvalue weighted by Crippen LogP contribution is -2.11. The maximum Gasteiger partial charge on any atom is 0.136 e. The van der Waals surface area contributed by atoms with Crippen molar-refractivity contribution >= 4 is 49.2 Å². The molecule has 0 fully saturated rings. The first kappa shape index (κ1) is 20.9. The van der Waals surface area contributed by atoms with Crippen molar-refractivity contribution in [2.45, 2.75) is 0 Å². The SMILES string of the molecule is N#CC(C#N)=c1ccc(=C(C#N)C#N)cc1.Nc1ccc2ccc3cccc4ccc1c2c34. The van der Waals surface area contributed by atoms with Gasteiger partial charge >= 0.3 is 0 Å². The van der Waals surface area contributed by atoms with Gasteiger partial charge in [-0.2, -0.15) is 21.0 Å². The fraction of sp³-hybridized carbons (Fsp3) is 0. The number of nitrogens with two attached hydrogens (primary N) is 1. The largest absolute Gasteiger partial charge is 0.398 e. The van der Waals surface area contributed by atoms with Gasteiger partial charge in [-0.3, -0.25) is 0 Å². The number of benzene rings is 5. The van der Waals surface area contributed by atoms with Gasteiger partial charge in [0.25, 0.3) is 0 Å². The van der Waals surface area contributed by atoms with Gasteiger partial charge in [-0.1, -0.05) is 72.8 Å². The van der Waals surface area contributed by atoms with Crippen molar-refractivity contribution in [3.63, 3.8) is 0 Å². The number of hydrogen-bond donors (Lipinski definition) is 1. The lowest BCUT2D eigenvalue weighted by atomic mass is 9.94. The second-order valence-electron chi connectivity index (χ2n) is 7.29. The Balaban J connectivity index is 0.000000158. The Bertz CT molecular complexity index is 1690. The summed E-state index contributed by atoms with van der Waals surface area (Å²) >= 11 is 0. The molecule has 5 aromatic rings. The Morgan fingerprint density at radius 2 is 0.939 bits per heavy atom. The van der Waals surface area contributed by atoms with Crippen LogP contribution in [0.1, 0.15) is 0 Å². The minimum absolute atomic E-state index is 0.00187. The molecule has 0 heterocycles. The highest BCUT2D eigenvalue weighted by Crippen LogP contribution is 2.36. The summed E-state index contributed by atoms with van der Waals surface area (Å²) in [5, 5.41) is 43.1. The molecule has 33 heavy (non-hydrogen) atoms. The topological polar surface area (TPSA) is 121 Å². The van der Waals surface area contributed by atoms with Crippen LogP contribution in [0.25, 0.3) is 43.5 Å². The van der Waals surface area contributed by atoms with Crippen LogP contribution < -0.4 is 16.2 Å². The van der Waals surface area contributed by atoms with Crippen LogP contribution in [-0.2, 0) is 0 Å². The number of hydrogen-bond acceptors (Lipinski definition) is 5. The molecule has 5 rings (SSSR count). The van der Waals surface area contributed by atoms with Crippen molar-refractivity contribution in [1.29, 1.82) is 21.0 Å². The summed E-state index contributed by atoms with van der Waals surface area (Å²) in [4.78, 5) is 0. The maximum absolute atomic E-state index is 8.63. The molecule has 0 unspecified atom stereocenters. The summed E-state index contributed by atoms with van der Waals surface area (Å²) in [6.45, 7) is 0. The first-order valence-electron chi connectivity index (χ1n) is 9.98. The van der Waals surface area contributed by atoms with Gasteiger partial charge in [0.15, 0.2) is 0 Å². The van der Waals surface area contributed by atoms with Gasteiger partial charge in [0, 0.05) is 21.5 Å². The number of anilines is 1. The number of nitrogen functional groups attached to an aromatic ring is 1. The van der Waals surface area contributed by atoms with Crippen molar-refractivity contribution in [3.8, 4) is 24.3 Å². The molecule has 0 aliphatic heterocycles. The number of nitriles is 4. The molecule has 0 spiro atoms. The third kappa shape index (κ3) is 3.75. The quantitative estimate of drug-likeness (QED) is 0.296. The van der Waals surface area contributed by atoms with E-state index in [9.17, 15) is 0 Å². The van der Waals surface area contributed by atoms with Gasteiger partial charge in [0.2, 0.25) is 0 Å². The highest BCUT2D eigenvalue weighted by atomic mass is 14.5. The minimum atomic E-state index is 0.00187. The van der Waals surface area contributed by atoms with Crippen molar-refractivity contribution in [2.75, 3.05) is 5.73 Å². The van der Waals surface area contributed by atoms with Crippen LogP contribution in [0, 0.1) is 45.3 Å². The van der Waals surface area contributed by atoms with Crippen LogP contribution in [0.3, 0.4) is 0 Å². The monoisotopic (exact) mass is 421 g/mol. The van der Waals surface area contributed by atoms with Gasteiger partial charge < -0.3 is 5.73 Å². The zero-order valence-corrected chi connectivity index (χ0v) is 17.4. The van der Waals surface area contributed by atoms with E-state index in [1.165, 1.54) is 51.2 Å². The summed E-state index contributed by atoms with van der Waals surface area (Å²) in [7, 11) is 0. The van der Waals surface area contributed by atoms with E-state index in [0.29, 0.717) is 10.4 Å². The second-order valence-corrected chi connectivity index (χ2v) is 7.29. The average molecular weight is 421 g/mol. The smallest absolute Gasteiger partial charge is 0.136 e. The van der Waals surface area contributed by atoms with E-state index in [1.54, 1.807) is 24.3 Å². The summed E-state index contributed by atoms with van der Waals surface area (Å²) in [5.41, 5.74) is 6.93. The van der Waals surface area contributed by atoms with Crippen LogP contribution in [-0.4, -0.2) is 0 Å². The highest BCUT2D eigenvalue weighted by molar-refractivity contribution is 6.24. The lowest BCUT2D eigenvalue weighted by Gasteiger charge is -2.11. The standard InChI is InChI=1S/C16H11N.C12H4N4/c17-14-9-7-12-5-4-10-2-1-3-11-6-8-13(14)16(12)15(10)11;13-5-11(6-14)9-1-2-10(4-3-9)12(7-15)8-16/h1-9H,17H2;1-4H. The van der Waals surface area contributed by atoms with Gasteiger partial charge in [-0.05, 0) is 33.0 Å². The van der Waals surface area contributed by atoms with E-state index in [-0.39, 0.29) is 11.1 Å². The molecule has 152 valence electrons. The molecule has 5 aromatic carbocycles. The summed E-state index contributed by atoms with van der Waals surface area (Å²) in [5.74, 6) is 0. The Morgan fingerprint density at radius 1 is 0.515 bits per heavy atom. The van der Waals surface area contributed by atoms with E-state index in [2.05, 4.69) is 48.5 Å². The minimum Gasteiger partial charge on any atom is -0.398 e. The third-order valence-corrected chi connectivity index (χ3v) is 5.47. The fourth-order valence-corrected chi connectivity index (χ4v) is 3.87. The normalized spacial score (nSPS) is 9.82. The average Bonchev–Trinajstić information content (AvgIpc) is 2.86. The maximum atomic E-state index is 8.63. The summed E-state index contributed by atoms with van der Waals surface area (Å²) in [6.07, 6.45) is 0. The van der Waals surface area contributed by atoms with E-state index in [1.807, 2.05) is 6.07 Å². The summed E-state index contributed by atoms with van der Waals surface area (Å²) < 4.78 is 0. The van der Waals surface area contributed by atoms with E-state index >= 15 is 0 Å². The molecule has 0 bridgehead atoms. The molecule has 0 saturated heterocycles. The zero-order chi connectivity index (χ0) is 23.4. The number of rotatable bonds is 0. The molecular weight excluding hydrogens is 406 g/mol. The van der Waals surface area contributed by atoms with Crippen LogP contribution in [0.2, 0.25) is 0 Å². The van der Waals surface area contributed by atoms with Gasteiger partial charge in [0.05, 0.1) is 0 Å². The van der Waals surface area contributed by atoms with Crippen LogP contribution in [0.5, 0.6) is 0 Å². The summed E-state index contributed by atoms with van der Waals surface area (Å²) in [6, 6.07) is 32.3. The van der Waals surface area contributed by atoms with E-state index in [0.717, 1.165) is 11.1 Å². The first-order chi connectivity index (χ1) is 16.1. The van der Waals surface area contributed by atoms with Crippen LogP contribution in [0.4, 0.5) is 5.69 Å². The molecule has 2 N–H and O–H groups in total.